The van der Waals surface area contributed by atoms with E-state index in [0.29, 0.717) is 17.9 Å². The molecular formula is C20H22N4O3S. The van der Waals surface area contributed by atoms with Crippen LogP contribution in [0.2, 0.25) is 0 Å². The number of carbonyl (C=O) groups excluding carboxylic acids is 1. The van der Waals surface area contributed by atoms with Gasteiger partial charge in [-0.15, -0.1) is 11.8 Å². The highest BCUT2D eigenvalue weighted by molar-refractivity contribution is 7.98. The molecule has 0 unspecified atom stereocenters. The van der Waals surface area contributed by atoms with Gasteiger partial charge >= 0.3 is 5.69 Å². The number of aryl methyl sites for hydroxylation is 1. The Morgan fingerprint density at radius 2 is 2.04 bits per heavy atom. The fraction of sp³-hybridized carbons (Fsp3) is 0.300. The topological polar surface area (TPSA) is 96.9 Å². The molecule has 7 nitrogen and oxygen atoms in total. The molecule has 0 aliphatic heterocycles. The Morgan fingerprint density at radius 1 is 1.29 bits per heavy atom. The normalized spacial score (nSPS) is 11.2. The molecule has 2 heterocycles. The molecule has 1 aromatic carbocycles. The maximum Gasteiger partial charge on any atom is 0.329 e. The van der Waals surface area contributed by atoms with Crippen molar-refractivity contribution in [2.45, 2.75) is 38.1 Å². The second-order valence-electron chi connectivity index (χ2n) is 6.64. The number of H-pyrrole nitrogens is 1. The van der Waals surface area contributed by atoms with Crippen LogP contribution in [-0.4, -0.2) is 26.7 Å². The van der Waals surface area contributed by atoms with E-state index in [2.05, 4.69) is 15.3 Å². The number of rotatable bonds is 5. The van der Waals surface area contributed by atoms with E-state index < -0.39 is 17.2 Å². The van der Waals surface area contributed by atoms with Gasteiger partial charge in [-0.25, -0.2) is 9.78 Å². The molecule has 2 aromatic heterocycles. The number of thioether (sulfide) groups is 1. The van der Waals surface area contributed by atoms with Gasteiger partial charge in [-0.2, -0.15) is 0 Å². The minimum atomic E-state index is -0.615. The number of benzene rings is 1. The minimum absolute atomic E-state index is 0.0236. The lowest BCUT2D eigenvalue weighted by Gasteiger charge is -2.14. The van der Waals surface area contributed by atoms with Gasteiger partial charge < -0.3 is 5.32 Å². The van der Waals surface area contributed by atoms with Crippen molar-refractivity contribution in [2.24, 2.45) is 0 Å². The fourth-order valence-corrected chi connectivity index (χ4v) is 3.42. The Balaban J connectivity index is 2.22. The van der Waals surface area contributed by atoms with Gasteiger partial charge in [0, 0.05) is 22.8 Å². The minimum Gasteiger partial charge on any atom is -0.322 e. The predicted octanol–water partition coefficient (Wildman–Crippen LogP) is 3.20. The van der Waals surface area contributed by atoms with E-state index in [1.807, 2.05) is 38.3 Å². The van der Waals surface area contributed by atoms with E-state index in [0.717, 1.165) is 4.90 Å². The van der Waals surface area contributed by atoms with Crippen LogP contribution in [0.25, 0.3) is 11.0 Å². The monoisotopic (exact) mass is 398 g/mol. The van der Waals surface area contributed by atoms with Crippen LogP contribution in [0.4, 0.5) is 5.69 Å². The highest BCUT2D eigenvalue weighted by Crippen LogP contribution is 2.23. The summed E-state index contributed by atoms with van der Waals surface area (Å²) in [5.41, 5.74) is 0.552. The summed E-state index contributed by atoms with van der Waals surface area (Å²) in [6.45, 7) is 6.01. The first-order chi connectivity index (χ1) is 13.3. The van der Waals surface area contributed by atoms with Crippen LogP contribution >= 0.6 is 11.8 Å². The SMILES string of the molecule is CCn1c(=O)[nH]c(=O)c2c(C(=O)Nc3cccc(SC)c3)cc(C(C)C)nc21. The van der Waals surface area contributed by atoms with Gasteiger partial charge in [0.2, 0.25) is 0 Å². The summed E-state index contributed by atoms with van der Waals surface area (Å²) in [4.78, 5) is 45.6. The van der Waals surface area contributed by atoms with E-state index in [1.54, 1.807) is 30.8 Å². The average Bonchev–Trinajstić information content (AvgIpc) is 2.67. The number of fused-ring (bicyclic) bond motifs is 1. The van der Waals surface area contributed by atoms with Crippen LogP contribution in [-0.2, 0) is 6.54 Å². The number of amides is 1. The summed E-state index contributed by atoms with van der Waals surface area (Å²) in [5.74, 6) is -0.394. The van der Waals surface area contributed by atoms with Crippen molar-refractivity contribution in [3.63, 3.8) is 0 Å². The molecule has 28 heavy (non-hydrogen) atoms. The van der Waals surface area contributed by atoms with E-state index in [1.165, 1.54) is 4.57 Å². The first kappa shape index (κ1) is 19.9. The van der Waals surface area contributed by atoms with Crippen molar-refractivity contribution in [1.82, 2.24) is 14.5 Å². The molecule has 1 amide bonds. The molecule has 3 rings (SSSR count). The van der Waals surface area contributed by atoms with Crippen molar-refractivity contribution in [1.29, 1.82) is 0 Å². The van der Waals surface area contributed by atoms with Crippen molar-refractivity contribution < 1.29 is 4.79 Å². The molecule has 0 atom stereocenters. The Kier molecular flexibility index (Phi) is 5.69. The number of nitrogens with one attached hydrogen (secondary N) is 2. The van der Waals surface area contributed by atoms with Crippen LogP contribution < -0.4 is 16.6 Å². The summed E-state index contributed by atoms with van der Waals surface area (Å²) in [7, 11) is 0. The smallest absolute Gasteiger partial charge is 0.322 e. The van der Waals surface area contributed by atoms with Gasteiger partial charge in [-0.3, -0.25) is 19.1 Å². The zero-order valence-electron chi connectivity index (χ0n) is 16.2. The van der Waals surface area contributed by atoms with Gasteiger partial charge in [0.1, 0.15) is 0 Å². The van der Waals surface area contributed by atoms with Crippen molar-refractivity contribution in [2.75, 3.05) is 11.6 Å². The maximum atomic E-state index is 13.1. The lowest BCUT2D eigenvalue weighted by Crippen LogP contribution is -2.32. The standard InChI is InChI=1S/C20H22N4O3S/c1-5-24-17-16(19(26)23-20(24)27)14(10-15(22-17)11(2)3)18(25)21-12-7-6-8-13(9-12)28-4/h6-11H,5H2,1-4H3,(H,21,25)(H,23,26,27). The molecule has 0 saturated carbocycles. The van der Waals surface area contributed by atoms with Crippen LogP contribution in [0, 0.1) is 0 Å². The van der Waals surface area contributed by atoms with Gasteiger partial charge in [0.25, 0.3) is 11.5 Å². The Bertz CT molecular complexity index is 1160. The highest BCUT2D eigenvalue weighted by Gasteiger charge is 2.20. The molecule has 0 radical (unpaired) electrons. The number of nitrogens with zero attached hydrogens (tertiary/aromatic N) is 2. The number of carbonyl (C=O) groups is 1. The maximum absolute atomic E-state index is 13.1. The molecule has 3 aromatic rings. The second-order valence-corrected chi connectivity index (χ2v) is 7.52. The van der Waals surface area contributed by atoms with E-state index in [4.69, 9.17) is 0 Å². The summed E-state index contributed by atoms with van der Waals surface area (Å²) in [6.07, 6.45) is 1.95. The van der Waals surface area contributed by atoms with Crippen molar-refractivity contribution in [3.8, 4) is 0 Å². The quantitative estimate of drug-likeness (QED) is 0.643. The summed E-state index contributed by atoms with van der Waals surface area (Å²) >= 11 is 1.57. The predicted molar refractivity (Wildman–Crippen MR) is 113 cm³/mol. The second kappa shape index (κ2) is 8.02. The van der Waals surface area contributed by atoms with Crippen LogP contribution in [0.15, 0.2) is 44.8 Å². The van der Waals surface area contributed by atoms with Crippen LogP contribution in [0.3, 0.4) is 0 Å². The zero-order chi connectivity index (χ0) is 20.4. The molecule has 146 valence electrons. The Morgan fingerprint density at radius 3 is 2.68 bits per heavy atom. The van der Waals surface area contributed by atoms with Crippen LogP contribution in [0.1, 0.15) is 42.7 Å². The number of hydrogen-bond donors (Lipinski definition) is 2. The third-order valence-corrected chi connectivity index (χ3v) is 5.17. The number of anilines is 1. The Hall–Kier alpha value is -2.87. The molecule has 0 saturated heterocycles. The van der Waals surface area contributed by atoms with E-state index >= 15 is 0 Å². The van der Waals surface area contributed by atoms with Gasteiger partial charge in [0.05, 0.1) is 10.9 Å². The van der Waals surface area contributed by atoms with Gasteiger partial charge in [-0.05, 0) is 43.4 Å². The summed E-state index contributed by atoms with van der Waals surface area (Å²) < 4.78 is 1.37. The van der Waals surface area contributed by atoms with E-state index in [9.17, 15) is 14.4 Å². The fourth-order valence-electron chi connectivity index (χ4n) is 2.96. The largest absolute Gasteiger partial charge is 0.329 e. The number of pyridine rings is 1. The first-order valence-electron chi connectivity index (χ1n) is 8.98. The molecule has 0 bridgehead atoms. The third-order valence-electron chi connectivity index (χ3n) is 4.45. The third kappa shape index (κ3) is 3.73. The summed E-state index contributed by atoms with van der Waals surface area (Å²) in [5, 5.41) is 2.97. The van der Waals surface area contributed by atoms with Crippen molar-refractivity contribution >= 4 is 34.4 Å². The zero-order valence-corrected chi connectivity index (χ0v) is 17.0. The molecule has 0 aliphatic rings. The Labute approximate surface area is 166 Å². The van der Waals surface area contributed by atoms with Crippen LogP contribution in [0.5, 0.6) is 0 Å². The summed E-state index contributed by atoms with van der Waals surface area (Å²) in [6, 6.07) is 9.08. The lowest BCUT2D eigenvalue weighted by atomic mass is 10.0. The van der Waals surface area contributed by atoms with Gasteiger partial charge in [0.15, 0.2) is 5.65 Å². The molecule has 8 heteroatoms. The number of hydrogen-bond acceptors (Lipinski definition) is 5. The lowest BCUT2D eigenvalue weighted by molar-refractivity contribution is 0.102. The molecule has 2 N–H and O–H groups in total. The van der Waals surface area contributed by atoms with Gasteiger partial charge in [-0.1, -0.05) is 19.9 Å². The molecule has 0 fully saturated rings. The molecular weight excluding hydrogens is 376 g/mol. The van der Waals surface area contributed by atoms with Crippen molar-refractivity contribution in [3.05, 3.63) is 62.4 Å². The number of aromatic amines is 1. The first-order valence-corrected chi connectivity index (χ1v) is 10.2. The van der Waals surface area contributed by atoms with E-state index in [-0.39, 0.29) is 22.5 Å². The molecule has 0 spiro atoms. The average molecular weight is 398 g/mol. The molecule has 0 aliphatic carbocycles. The number of aromatic nitrogens is 3. The highest BCUT2D eigenvalue weighted by atomic mass is 32.2.